The van der Waals surface area contributed by atoms with E-state index < -0.39 is 0 Å². The van der Waals surface area contributed by atoms with E-state index in [0.29, 0.717) is 6.54 Å². The first-order chi connectivity index (χ1) is 12.7. The first-order valence-electron chi connectivity index (χ1n) is 9.61. The fourth-order valence-corrected chi connectivity index (χ4v) is 2.80. The van der Waals surface area contributed by atoms with Crippen molar-refractivity contribution in [3.8, 4) is 0 Å². The summed E-state index contributed by atoms with van der Waals surface area (Å²) in [6.45, 7) is 7.74. The van der Waals surface area contributed by atoms with Crippen LogP contribution >= 0.6 is 24.0 Å². The Morgan fingerprint density at radius 1 is 1.22 bits per heavy atom. The Morgan fingerprint density at radius 2 is 1.96 bits per heavy atom. The largest absolute Gasteiger partial charge is 0.379 e. The highest BCUT2D eigenvalue weighted by molar-refractivity contribution is 14.0. The first kappa shape index (κ1) is 24.1. The zero-order valence-corrected chi connectivity index (χ0v) is 19.2. The second kappa shape index (κ2) is 14.1. The van der Waals surface area contributed by atoms with Gasteiger partial charge in [0.2, 0.25) is 0 Å². The molecule has 0 aliphatic carbocycles. The lowest BCUT2D eigenvalue weighted by Crippen LogP contribution is -2.38. The number of nitrogens with one attached hydrogen (secondary N) is 2. The average molecular weight is 490 g/mol. The maximum Gasteiger partial charge on any atom is 0.191 e. The minimum absolute atomic E-state index is 0. The number of rotatable bonds is 10. The number of hydrogen-bond acceptors (Lipinski definition) is 4. The standard InChI is InChI=1S/C20H34N4O2.HI/c1-4-21-20(22-11-5-12-26-19-10-13-25-16-19)23-14-17-6-8-18(9-7-17)15-24(2)3;/h6-9,19H,4-5,10-16H2,1-3H3,(H2,21,22,23);1H. The minimum Gasteiger partial charge on any atom is -0.379 e. The lowest BCUT2D eigenvalue weighted by molar-refractivity contribution is 0.0420. The fourth-order valence-electron chi connectivity index (χ4n) is 2.80. The predicted octanol–water partition coefficient (Wildman–Crippen LogP) is 2.62. The summed E-state index contributed by atoms with van der Waals surface area (Å²) in [5, 5.41) is 6.67. The quantitative estimate of drug-likeness (QED) is 0.229. The van der Waals surface area contributed by atoms with E-state index in [1.165, 1.54) is 11.1 Å². The molecule has 1 atom stereocenters. The zero-order valence-electron chi connectivity index (χ0n) is 16.9. The molecule has 1 saturated heterocycles. The van der Waals surface area contributed by atoms with Gasteiger partial charge < -0.3 is 25.0 Å². The monoisotopic (exact) mass is 490 g/mol. The molecule has 0 amide bonds. The van der Waals surface area contributed by atoms with Gasteiger partial charge in [-0.05, 0) is 45.0 Å². The molecule has 1 unspecified atom stereocenters. The summed E-state index contributed by atoms with van der Waals surface area (Å²) >= 11 is 0. The SMILES string of the molecule is CCNC(=NCc1ccc(CN(C)C)cc1)NCCCOC1CCOC1.I. The third kappa shape index (κ3) is 10.3. The number of ether oxygens (including phenoxy) is 2. The minimum atomic E-state index is 0. The molecule has 0 spiro atoms. The summed E-state index contributed by atoms with van der Waals surface area (Å²) in [6, 6.07) is 8.66. The maximum absolute atomic E-state index is 5.78. The molecule has 2 N–H and O–H groups in total. The van der Waals surface area contributed by atoms with E-state index in [1.807, 2.05) is 0 Å². The van der Waals surface area contributed by atoms with Gasteiger partial charge in [0.15, 0.2) is 5.96 Å². The Hall–Kier alpha value is -0.900. The molecule has 154 valence electrons. The molecule has 1 aromatic rings. The molecular weight excluding hydrogens is 455 g/mol. The van der Waals surface area contributed by atoms with Gasteiger partial charge in [-0.1, -0.05) is 24.3 Å². The Balaban J connectivity index is 0.00000364. The smallest absolute Gasteiger partial charge is 0.191 e. The van der Waals surface area contributed by atoms with Crippen LogP contribution in [0, 0.1) is 0 Å². The molecule has 0 bridgehead atoms. The van der Waals surface area contributed by atoms with Gasteiger partial charge in [-0.15, -0.1) is 24.0 Å². The third-order valence-corrected chi connectivity index (χ3v) is 4.14. The van der Waals surface area contributed by atoms with E-state index in [4.69, 9.17) is 9.47 Å². The second-order valence-electron chi connectivity index (χ2n) is 6.89. The number of guanidine groups is 1. The highest BCUT2D eigenvalue weighted by atomic mass is 127. The van der Waals surface area contributed by atoms with Crippen LogP contribution in [0.15, 0.2) is 29.3 Å². The first-order valence-corrected chi connectivity index (χ1v) is 9.61. The number of benzene rings is 1. The molecule has 1 aliphatic rings. The van der Waals surface area contributed by atoms with Gasteiger partial charge in [-0.3, -0.25) is 0 Å². The van der Waals surface area contributed by atoms with Gasteiger partial charge in [0, 0.05) is 32.8 Å². The molecule has 1 aromatic carbocycles. The molecule has 27 heavy (non-hydrogen) atoms. The summed E-state index contributed by atoms with van der Waals surface area (Å²) in [5.41, 5.74) is 2.54. The normalized spacial score (nSPS) is 17.0. The van der Waals surface area contributed by atoms with E-state index in [0.717, 1.165) is 58.3 Å². The van der Waals surface area contributed by atoms with Crippen LogP contribution in [-0.2, 0) is 22.6 Å². The van der Waals surface area contributed by atoms with Gasteiger partial charge in [0.05, 0.1) is 19.3 Å². The van der Waals surface area contributed by atoms with Crippen molar-refractivity contribution in [2.24, 2.45) is 4.99 Å². The Morgan fingerprint density at radius 3 is 2.59 bits per heavy atom. The lowest BCUT2D eigenvalue weighted by atomic mass is 10.1. The lowest BCUT2D eigenvalue weighted by Gasteiger charge is -2.13. The van der Waals surface area contributed by atoms with Crippen molar-refractivity contribution in [2.45, 2.75) is 39.0 Å². The third-order valence-electron chi connectivity index (χ3n) is 4.14. The van der Waals surface area contributed by atoms with Crippen LogP contribution in [0.1, 0.15) is 30.9 Å². The van der Waals surface area contributed by atoms with Crippen molar-refractivity contribution in [2.75, 3.05) is 47.0 Å². The van der Waals surface area contributed by atoms with Crippen LogP contribution < -0.4 is 10.6 Å². The van der Waals surface area contributed by atoms with Gasteiger partial charge in [-0.25, -0.2) is 4.99 Å². The number of nitrogens with zero attached hydrogens (tertiary/aromatic N) is 2. The molecule has 1 aliphatic heterocycles. The van der Waals surface area contributed by atoms with Crippen LogP contribution in [0.4, 0.5) is 0 Å². The molecule has 7 heteroatoms. The summed E-state index contributed by atoms with van der Waals surface area (Å²) in [7, 11) is 4.16. The number of halogens is 1. The second-order valence-corrected chi connectivity index (χ2v) is 6.89. The molecule has 6 nitrogen and oxygen atoms in total. The molecule has 0 aromatic heterocycles. The van der Waals surface area contributed by atoms with E-state index in [-0.39, 0.29) is 30.1 Å². The molecule has 1 fully saturated rings. The molecule has 2 rings (SSSR count). The van der Waals surface area contributed by atoms with Crippen molar-refractivity contribution >= 4 is 29.9 Å². The van der Waals surface area contributed by atoms with Crippen LogP contribution in [0.5, 0.6) is 0 Å². The van der Waals surface area contributed by atoms with E-state index in [2.05, 4.69) is 65.8 Å². The van der Waals surface area contributed by atoms with Crippen molar-refractivity contribution in [3.05, 3.63) is 35.4 Å². The van der Waals surface area contributed by atoms with Gasteiger partial charge in [0.25, 0.3) is 0 Å². The topological polar surface area (TPSA) is 58.1 Å². The van der Waals surface area contributed by atoms with Crippen molar-refractivity contribution in [1.29, 1.82) is 0 Å². The van der Waals surface area contributed by atoms with Gasteiger partial charge in [0.1, 0.15) is 0 Å². The summed E-state index contributed by atoms with van der Waals surface area (Å²) in [6.07, 6.45) is 2.26. The molecular formula is C20H35IN4O2. The Labute approximate surface area is 181 Å². The van der Waals surface area contributed by atoms with Gasteiger partial charge >= 0.3 is 0 Å². The number of aliphatic imine (C=N–C) groups is 1. The summed E-state index contributed by atoms with van der Waals surface area (Å²) in [4.78, 5) is 6.84. The van der Waals surface area contributed by atoms with Crippen LogP contribution in [0.25, 0.3) is 0 Å². The van der Waals surface area contributed by atoms with Crippen LogP contribution in [0.2, 0.25) is 0 Å². The molecule has 0 saturated carbocycles. The highest BCUT2D eigenvalue weighted by Gasteiger charge is 2.15. The average Bonchev–Trinajstić information content (AvgIpc) is 3.13. The van der Waals surface area contributed by atoms with Gasteiger partial charge in [-0.2, -0.15) is 0 Å². The molecule has 0 radical (unpaired) electrons. The van der Waals surface area contributed by atoms with Crippen LogP contribution in [-0.4, -0.2) is 64.0 Å². The summed E-state index contributed by atoms with van der Waals surface area (Å²) < 4.78 is 11.1. The van der Waals surface area contributed by atoms with Crippen molar-refractivity contribution < 1.29 is 9.47 Å². The van der Waals surface area contributed by atoms with E-state index in [9.17, 15) is 0 Å². The predicted molar refractivity (Wildman–Crippen MR) is 122 cm³/mol. The molecule has 1 heterocycles. The van der Waals surface area contributed by atoms with Crippen LogP contribution in [0.3, 0.4) is 0 Å². The van der Waals surface area contributed by atoms with Crippen molar-refractivity contribution in [1.82, 2.24) is 15.5 Å². The number of hydrogen-bond donors (Lipinski definition) is 2. The van der Waals surface area contributed by atoms with E-state index in [1.54, 1.807) is 0 Å². The van der Waals surface area contributed by atoms with E-state index >= 15 is 0 Å². The maximum atomic E-state index is 5.78. The fraction of sp³-hybridized carbons (Fsp3) is 0.650. The summed E-state index contributed by atoms with van der Waals surface area (Å²) in [5.74, 6) is 0.856. The zero-order chi connectivity index (χ0) is 18.6. The Bertz CT molecular complexity index is 531. The highest BCUT2D eigenvalue weighted by Crippen LogP contribution is 2.08. The Kier molecular flexibility index (Phi) is 12.6. The van der Waals surface area contributed by atoms with Crippen molar-refractivity contribution in [3.63, 3.8) is 0 Å².